The van der Waals surface area contributed by atoms with Crippen molar-refractivity contribution in [2.45, 2.75) is 19.0 Å². The van der Waals surface area contributed by atoms with Crippen LogP contribution in [0.2, 0.25) is 0 Å². The van der Waals surface area contributed by atoms with E-state index in [2.05, 4.69) is 5.32 Å². The summed E-state index contributed by atoms with van der Waals surface area (Å²) in [7, 11) is 0. The zero-order valence-electron chi connectivity index (χ0n) is 11.1. The van der Waals surface area contributed by atoms with Crippen molar-refractivity contribution in [3.8, 4) is 0 Å². The van der Waals surface area contributed by atoms with Crippen LogP contribution in [0.15, 0.2) is 0 Å². The van der Waals surface area contributed by atoms with Gasteiger partial charge in [0.15, 0.2) is 0 Å². The van der Waals surface area contributed by atoms with Gasteiger partial charge < -0.3 is 15.1 Å². The van der Waals surface area contributed by atoms with Crippen molar-refractivity contribution in [1.82, 2.24) is 15.1 Å². The number of rotatable bonds is 2. The second-order valence-corrected chi connectivity index (χ2v) is 5.21. The van der Waals surface area contributed by atoms with E-state index in [-0.39, 0.29) is 32.0 Å². The molecule has 2 rings (SSSR count). The van der Waals surface area contributed by atoms with Crippen molar-refractivity contribution in [1.29, 1.82) is 0 Å². The maximum Gasteiger partial charge on any atom is 0.393 e. The van der Waals surface area contributed by atoms with E-state index >= 15 is 0 Å². The molecule has 0 aromatic heterocycles. The number of nitrogens with one attached hydrogen (secondary N) is 1. The molecule has 0 radical (unpaired) electrons. The summed E-state index contributed by atoms with van der Waals surface area (Å²) in [4.78, 5) is 26.2. The van der Waals surface area contributed by atoms with Crippen LogP contribution in [0.25, 0.3) is 0 Å². The molecule has 2 fully saturated rings. The van der Waals surface area contributed by atoms with Gasteiger partial charge in [0.05, 0.1) is 19.0 Å². The monoisotopic (exact) mass is 293 g/mol. The summed E-state index contributed by atoms with van der Waals surface area (Å²) < 4.78 is 38.1. The Balaban J connectivity index is 1.90. The van der Waals surface area contributed by atoms with Crippen LogP contribution in [0.1, 0.15) is 12.8 Å². The van der Waals surface area contributed by atoms with E-state index in [4.69, 9.17) is 0 Å². The topological polar surface area (TPSA) is 52.7 Å². The van der Waals surface area contributed by atoms with Gasteiger partial charge in [0.2, 0.25) is 11.8 Å². The molecule has 8 heteroatoms. The number of amides is 2. The number of piperazine rings is 1. The minimum atomic E-state index is -4.26. The molecule has 1 unspecified atom stereocenters. The third kappa shape index (κ3) is 3.62. The van der Waals surface area contributed by atoms with Gasteiger partial charge in [-0.3, -0.25) is 9.59 Å². The highest BCUT2D eigenvalue weighted by Crippen LogP contribution is 2.33. The molecular formula is C12H18F3N3O2. The lowest BCUT2D eigenvalue weighted by Crippen LogP contribution is -2.53. The van der Waals surface area contributed by atoms with Gasteiger partial charge >= 0.3 is 6.18 Å². The molecule has 2 aliphatic rings. The highest BCUT2D eigenvalue weighted by molar-refractivity contribution is 5.86. The van der Waals surface area contributed by atoms with Crippen molar-refractivity contribution >= 4 is 11.8 Å². The van der Waals surface area contributed by atoms with Crippen LogP contribution >= 0.6 is 0 Å². The van der Waals surface area contributed by atoms with E-state index in [1.165, 1.54) is 9.80 Å². The average Bonchev–Trinajstić information content (AvgIpc) is 2.40. The number of alkyl halides is 3. The molecule has 20 heavy (non-hydrogen) atoms. The highest BCUT2D eigenvalue weighted by atomic mass is 19.4. The summed E-state index contributed by atoms with van der Waals surface area (Å²) >= 11 is 0. The number of carbonyl (C=O) groups excluding carboxylic acids is 2. The van der Waals surface area contributed by atoms with Crippen molar-refractivity contribution in [2.24, 2.45) is 5.92 Å². The van der Waals surface area contributed by atoms with Crippen molar-refractivity contribution in [2.75, 3.05) is 39.3 Å². The van der Waals surface area contributed by atoms with Crippen LogP contribution in [-0.2, 0) is 9.59 Å². The molecule has 1 N–H and O–H groups in total. The molecule has 0 bridgehead atoms. The zero-order valence-corrected chi connectivity index (χ0v) is 11.1. The Hall–Kier alpha value is -1.31. The molecule has 0 aliphatic carbocycles. The first-order chi connectivity index (χ1) is 9.38. The maximum absolute atomic E-state index is 12.7. The Labute approximate surface area is 115 Å². The van der Waals surface area contributed by atoms with Crippen LogP contribution in [-0.4, -0.2) is 67.1 Å². The Morgan fingerprint density at radius 2 is 2.10 bits per heavy atom. The SMILES string of the molecule is O=C1CNCCN1CC(=O)N1CCCC(C(F)(F)F)C1. The fourth-order valence-corrected chi connectivity index (χ4v) is 2.55. The fraction of sp³-hybridized carbons (Fsp3) is 0.833. The largest absolute Gasteiger partial charge is 0.393 e. The third-order valence-corrected chi connectivity index (χ3v) is 3.75. The second kappa shape index (κ2) is 5.99. The van der Waals surface area contributed by atoms with E-state index < -0.39 is 18.0 Å². The summed E-state index contributed by atoms with van der Waals surface area (Å²) in [5.41, 5.74) is 0. The number of carbonyl (C=O) groups is 2. The molecule has 0 spiro atoms. The van der Waals surface area contributed by atoms with Crippen LogP contribution < -0.4 is 5.32 Å². The standard InChI is InChI=1S/C12H18F3N3O2/c13-12(14,15)9-2-1-4-17(7-9)11(20)8-18-5-3-16-6-10(18)19/h9,16H,1-8H2. The molecule has 0 aromatic carbocycles. The first-order valence-electron chi connectivity index (χ1n) is 6.71. The van der Waals surface area contributed by atoms with Crippen LogP contribution in [0.5, 0.6) is 0 Å². The summed E-state index contributed by atoms with van der Waals surface area (Å²) in [6.45, 7) is 1.13. The Kier molecular flexibility index (Phi) is 4.52. The quantitative estimate of drug-likeness (QED) is 0.792. The van der Waals surface area contributed by atoms with Gasteiger partial charge in [-0.15, -0.1) is 0 Å². The van der Waals surface area contributed by atoms with Gasteiger partial charge in [0.1, 0.15) is 0 Å². The number of hydrogen-bond donors (Lipinski definition) is 1. The number of hydrogen-bond acceptors (Lipinski definition) is 3. The molecule has 0 saturated carbocycles. The summed E-state index contributed by atoms with van der Waals surface area (Å²) in [5, 5.41) is 2.88. The lowest BCUT2D eigenvalue weighted by molar-refractivity contribution is -0.188. The van der Waals surface area contributed by atoms with E-state index in [0.29, 0.717) is 26.1 Å². The molecule has 2 saturated heterocycles. The number of nitrogens with zero attached hydrogens (tertiary/aromatic N) is 2. The van der Waals surface area contributed by atoms with Crippen molar-refractivity contribution in [3.63, 3.8) is 0 Å². The number of piperidine rings is 1. The second-order valence-electron chi connectivity index (χ2n) is 5.21. The Morgan fingerprint density at radius 3 is 2.75 bits per heavy atom. The first kappa shape index (κ1) is 15.1. The van der Waals surface area contributed by atoms with Crippen LogP contribution in [0.4, 0.5) is 13.2 Å². The lowest BCUT2D eigenvalue weighted by atomic mass is 9.97. The molecule has 114 valence electrons. The Bertz CT molecular complexity index is 387. The van der Waals surface area contributed by atoms with E-state index in [1.807, 2.05) is 0 Å². The fourth-order valence-electron chi connectivity index (χ4n) is 2.55. The zero-order chi connectivity index (χ0) is 14.8. The van der Waals surface area contributed by atoms with Gasteiger partial charge in [-0.2, -0.15) is 13.2 Å². The Morgan fingerprint density at radius 1 is 1.35 bits per heavy atom. The van der Waals surface area contributed by atoms with Crippen molar-refractivity contribution in [3.05, 3.63) is 0 Å². The van der Waals surface area contributed by atoms with Gasteiger partial charge in [-0.1, -0.05) is 0 Å². The normalized spacial score (nSPS) is 24.9. The summed E-state index contributed by atoms with van der Waals surface area (Å²) in [5.74, 6) is -2.03. The maximum atomic E-state index is 12.7. The molecule has 5 nitrogen and oxygen atoms in total. The predicted molar refractivity (Wildman–Crippen MR) is 64.8 cm³/mol. The van der Waals surface area contributed by atoms with Gasteiger partial charge in [-0.05, 0) is 12.8 Å². The lowest BCUT2D eigenvalue weighted by Gasteiger charge is -2.35. The van der Waals surface area contributed by atoms with Crippen LogP contribution in [0.3, 0.4) is 0 Å². The number of halogens is 3. The summed E-state index contributed by atoms with van der Waals surface area (Å²) in [6.07, 6.45) is -3.84. The van der Waals surface area contributed by atoms with E-state index in [0.717, 1.165) is 0 Å². The van der Waals surface area contributed by atoms with E-state index in [9.17, 15) is 22.8 Å². The van der Waals surface area contributed by atoms with E-state index in [1.54, 1.807) is 0 Å². The number of likely N-dealkylation sites (tertiary alicyclic amines) is 1. The molecule has 0 aromatic rings. The van der Waals surface area contributed by atoms with Gasteiger partial charge in [0, 0.05) is 26.2 Å². The highest BCUT2D eigenvalue weighted by Gasteiger charge is 2.42. The minimum Gasteiger partial charge on any atom is -0.341 e. The predicted octanol–water partition coefficient (Wildman–Crippen LogP) is 0.219. The first-order valence-corrected chi connectivity index (χ1v) is 6.71. The van der Waals surface area contributed by atoms with Crippen LogP contribution in [0, 0.1) is 5.92 Å². The third-order valence-electron chi connectivity index (χ3n) is 3.75. The van der Waals surface area contributed by atoms with Crippen molar-refractivity contribution < 1.29 is 22.8 Å². The molecule has 2 aliphatic heterocycles. The minimum absolute atomic E-state index is 0.0693. The molecule has 2 amide bonds. The molecular weight excluding hydrogens is 275 g/mol. The average molecular weight is 293 g/mol. The summed E-state index contributed by atoms with van der Waals surface area (Å²) in [6, 6.07) is 0. The molecule has 1 atom stereocenters. The van der Waals surface area contributed by atoms with Gasteiger partial charge in [-0.25, -0.2) is 0 Å². The smallest absolute Gasteiger partial charge is 0.341 e. The molecule has 2 heterocycles. The van der Waals surface area contributed by atoms with Gasteiger partial charge in [0.25, 0.3) is 0 Å².